The third-order valence-corrected chi connectivity index (χ3v) is 6.36. The van der Waals surface area contributed by atoms with Gasteiger partial charge in [-0.1, -0.05) is 0 Å². The Morgan fingerprint density at radius 2 is 1.88 bits per heavy atom. The highest BCUT2D eigenvalue weighted by Gasteiger charge is 2.30. The summed E-state index contributed by atoms with van der Waals surface area (Å²) in [5, 5.41) is 5.83. The van der Waals surface area contributed by atoms with Gasteiger partial charge in [0.1, 0.15) is 0 Å². The smallest absolute Gasteiger partial charge is 0.254 e. The fourth-order valence-corrected chi connectivity index (χ4v) is 4.44. The predicted octanol–water partition coefficient (Wildman–Crippen LogP) is -0.759. The molecule has 2 aliphatic rings. The Morgan fingerprint density at radius 1 is 1.16 bits per heavy atom. The number of rotatable bonds is 3. The van der Waals surface area contributed by atoms with Gasteiger partial charge in [0.2, 0.25) is 15.9 Å². The predicted molar refractivity (Wildman–Crippen MR) is 91.6 cm³/mol. The van der Waals surface area contributed by atoms with E-state index in [9.17, 15) is 18.0 Å². The fraction of sp³-hybridized carbons (Fsp3) is 0.500. The minimum absolute atomic E-state index is 0.0899. The van der Waals surface area contributed by atoms with Crippen LogP contribution < -0.4 is 10.6 Å². The summed E-state index contributed by atoms with van der Waals surface area (Å²) < 4.78 is 26.4. The molecule has 0 spiro atoms. The Bertz CT molecular complexity index is 763. The average Bonchev–Trinajstić information content (AvgIpc) is 2.62. The molecule has 8 nitrogen and oxygen atoms in total. The molecule has 2 N–H and O–H groups in total. The van der Waals surface area contributed by atoms with Crippen molar-refractivity contribution in [1.82, 2.24) is 19.8 Å². The van der Waals surface area contributed by atoms with Crippen molar-refractivity contribution in [3.05, 3.63) is 29.8 Å². The highest BCUT2D eigenvalue weighted by atomic mass is 32.2. The first kappa shape index (κ1) is 17.8. The second-order valence-corrected chi connectivity index (χ2v) is 8.20. The number of benzene rings is 1. The molecule has 0 unspecified atom stereocenters. The number of carbonyl (C=O) groups excluding carboxylic acids is 2. The van der Waals surface area contributed by atoms with Gasteiger partial charge >= 0.3 is 0 Å². The van der Waals surface area contributed by atoms with Crippen molar-refractivity contribution < 1.29 is 18.0 Å². The summed E-state index contributed by atoms with van der Waals surface area (Å²) in [5.41, 5.74) is 0.462. The van der Waals surface area contributed by atoms with Gasteiger partial charge in [-0.2, -0.15) is 4.31 Å². The Hall–Kier alpha value is -1.97. The van der Waals surface area contributed by atoms with Crippen LogP contribution in [-0.4, -0.2) is 74.7 Å². The summed E-state index contributed by atoms with van der Waals surface area (Å²) in [6.45, 7) is 4.46. The molecular weight excluding hydrogens is 344 g/mol. The first-order valence-electron chi connectivity index (χ1n) is 8.28. The normalized spacial score (nSPS) is 22.5. The van der Waals surface area contributed by atoms with Crippen molar-refractivity contribution in [3.63, 3.8) is 0 Å². The van der Waals surface area contributed by atoms with Crippen molar-refractivity contribution in [2.75, 3.05) is 39.3 Å². The Morgan fingerprint density at radius 3 is 2.52 bits per heavy atom. The van der Waals surface area contributed by atoms with Gasteiger partial charge in [0.15, 0.2) is 0 Å². The van der Waals surface area contributed by atoms with E-state index >= 15 is 0 Å². The van der Waals surface area contributed by atoms with E-state index in [0.717, 1.165) is 17.4 Å². The van der Waals surface area contributed by atoms with Crippen LogP contribution in [0.1, 0.15) is 17.3 Å². The minimum Gasteiger partial charge on any atom is -0.354 e. The zero-order chi connectivity index (χ0) is 18.0. The lowest BCUT2D eigenvalue weighted by Gasteiger charge is -2.34. The molecule has 2 fully saturated rings. The van der Waals surface area contributed by atoms with Crippen LogP contribution in [0.25, 0.3) is 0 Å². The number of hydrogen-bond acceptors (Lipinski definition) is 5. The van der Waals surface area contributed by atoms with Crippen LogP contribution in [0.15, 0.2) is 29.2 Å². The Balaban J connectivity index is 1.77. The number of nitrogens with zero attached hydrogens (tertiary/aromatic N) is 2. The van der Waals surface area contributed by atoms with E-state index in [-0.39, 0.29) is 35.8 Å². The van der Waals surface area contributed by atoms with Crippen LogP contribution in [0.4, 0.5) is 0 Å². The minimum atomic E-state index is -3.74. The molecule has 1 aromatic rings. The summed E-state index contributed by atoms with van der Waals surface area (Å²) >= 11 is 0. The summed E-state index contributed by atoms with van der Waals surface area (Å²) in [6.07, 6.45) is 0. The molecule has 2 saturated heterocycles. The number of carbonyl (C=O) groups is 2. The Labute approximate surface area is 147 Å². The SMILES string of the molecule is C[C@H]1CNCCN1C(=O)c1ccc(S(=O)(=O)N2CCNC(=O)C2)cc1. The van der Waals surface area contributed by atoms with E-state index in [2.05, 4.69) is 10.6 Å². The quantitative estimate of drug-likeness (QED) is 0.733. The van der Waals surface area contributed by atoms with Gasteiger partial charge in [0.05, 0.1) is 11.4 Å². The molecule has 136 valence electrons. The van der Waals surface area contributed by atoms with Gasteiger partial charge in [0, 0.05) is 44.3 Å². The lowest BCUT2D eigenvalue weighted by Crippen LogP contribution is -2.52. The molecule has 9 heteroatoms. The van der Waals surface area contributed by atoms with Crippen LogP contribution in [0.5, 0.6) is 0 Å². The molecule has 1 atom stereocenters. The van der Waals surface area contributed by atoms with Crippen molar-refractivity contribution in [2.24, 2.45) is 0 Å². The third-order valence-electron chi connectivity index (χ3n) is 4.50. The van der Waals surface area contributed by atoms with E-state index in [4.69, 9.17) is 0 Å². The second-order valence-electron chi connectivity index (χ2n) is 6.26. The number of hydrogen-bond donors (Lipinski definition) is 2. The topological polar surface area (TPSA) is 98.8 Å². The van der Waals surface area contributed by atoms with Crippen molar-refractivity contribution >= 4 is 21.8 Å². The maximum Gasteiger partial charge on any atom is 0.254 e. The standard InChI is InChI=1S/C16H22N4O4S/c1-12-10-17-6-9-20(12)16(22)13-2-4-14(5-3-13)25(23,24)19-8-7-18-15(21)11-19/h2-5,12,17H,6-11H2,1H3,(H,18,21)/t12-/m0/s1. The van der Waals surface area contributed by atoms with Gasteiger partial charge in [-0.25, -0.2) is 8.42 Å². The Kier molecular flexibility index (Phi) is 5.07. The van der Waals surface area contributed by atoms with Gasteiger partial charge in [-0.05, 0) is 31.2 Å². The third kappa shape index (κ3) is 3.68. The van der Waals surface area contributed by atoms with Crippen molar-refractivity contribution in [2.45, 2.75) is 17.9 Å². The first-order valence-corrected chi connectivity index (χ1v) is 9.72. The van der Waals surface area contributed by atoms with Crippen LogP contribution >= 0.6 is 0 Å². The van der Waals surface area contributed by atoms with E-state index in [0.29, 0.717) is 18.7 Å². The molecular formula is C16H22N4O4S. The maximum absolute atomic E-state index is 12.6. The maximum atomic E-state index is 12.6. The van der Waals surface area contributed by atoms with Gasteiger partial charge in [0.25, 0.3) is 5.91 Å². The highest BCUT2D eigenvalue weighted by Crippen LogP contribution is 2.18. The molecule has 3 rings (SSSR count). The van der Waals surface area contributed by atoms with Gasteiger partial charge in [-0.15, -0.1) is 0 Å². The van der Waals surface area contributed by atoms with E-state index in [1.807, 2.05) is 6.92 Å². The van der Waals surface area contributed by atoms with Crippen LogP contribution in [-0.2, 0) is 14.8 Å². The van der Waals surface area contributed by atoms with Crippen LogP contribution in [0.2, 0.25) is 0 Å². The largest absolute Gasteiger partial charge is 0.354 e. The molecule has 0 saturated carbocycles. The molecule has 0 aliphatic carbocycles. The first-order chi connectivity index (χ1) is 11.9. The summed E-state index contributed by atoms with van der Waals surface area (Å²) in [4.78, 5) is 25.9. The molecule has 0 aromatic heterocycles. The summed E-state index contributed by atoms with van der Waals surface area (Å²) in [7, 11) is -3.74. The van der Waals surface area contributed by atoms with Crippen LogP contribution in [0.3, 0.4) is 0 Å². The lowest BCUT2D eigenvalue weighted by atomic mass is 10.1. The molecule has 2 heterocycles. The molecule has 0 bridgehead atoms. The zero-order valence-electron chi connectivity index (χ0n) is 14.1. The van der Waals surface area contributed by atoms with Crippen molar-refractivity contribution in [3.8, 4) is 0 Å². The lowest BCUT2D eigenvalue weighted by molar-refractivity contribution is -0.122. The second kappa shape index (κ2) is 7.11. The van der Waals surface area contributed by atoms with Crippen LogP contribution in [0, 0.1) is 0 Å². The van der Waals surface area contributed by atoms with E-state index in [1.165, 1.54) is 24.3 Å². The molecule has 2 aliphatic heterocycles. The number of piperazine rings is 2. The van der Waals surface area contributed by atoms with Gasteiger partial charge < -0.3 is 15.5 Å². The molecule has 2 amide bonds. The molecule has 0 radical (unpaired) electrons. The highest BCUT2D eigenvalue weighted by molar-refractivity contribution is 7.89. The van der Waals surface area contributed by atoms with Gasteiger partial charge in [-0.3, -0.25) is 9.59 Å². The molecule has 25 heavy (non-hydrogen) atoms. The van der Waals surface area contributed by atoms with Crippen molar-refractivity contribution in [1.29, 1.82) is 0 Å². The summed E-state index contributed by atoms with van der Waals surface area (Å²) in [5.74, 6) is -0.412. The van der Waals surface area contributed by atoms with E-state index < -0.39 is 10.0 Å². The number of sulfonamides is 1. The number of nitrogens with one attached hydrogen (secondary N) is 2. The molecule has 1 aromatic carbocycles. The van der Waals surface area contributed by atoms with E-state index in [1.54, 1.807) is 4.90 Å². The average molecular weight is 366 g/mol. The number of amides is 2. The zero-order valence-corrected chi connectivity index (χ0v) is 14.9. The monoisotopic (exact) mass is 366 g/mol. The fourth-order valence-electron chi connectivity index (χ4n) is 3.05. The summed E-state index contributed by atoms with van der Waals surface area (Å²) in [6, 6.07) is 6.03.